The second-order valence-corrected chi connectivity index (χ2v) is 13.8. The Morgan fingerprint density at radius 3 is 1.91 bits per heavy atom. The van der Waals surface area contributed by atoms with Crippen molar-refractivity contribution in [3.05, 3.63) is 58.2 Å². The van der Waals surface area contributed by atoms with Gasteiger partial charge in [-0.1, -0.05) is 37.1 Å². The van der Waals surface area contributed by atoms with Crippen LogP contribution >= 0.6 is 67.8 Å². The van der Waals surface area contributed by atoms with Gasteiger partial charge >= 0.3 is 10.1 Å². The van der Waals surface area contributed by atoms with E-state index in [0.29, 0.717) is 31.1 Å². The lowest BCUT2D eigenvalue weighted by Gasteiger charge is -2.22. The zero-order valence-electron chi connectivity index (χ0n) is 17.1. The summed E-state index contributed by atoms with van der Waals surface area (Å²) in [4.78, 5) is -0.194. The Morgan fingerprint density at radius 1 is 0.727 bits per heavy atom. The predicted octanol–water partition coefficient (Wildman–Crippen LogP) is 5.98. The van der Waals surface area contributed by atoms with Crippen molar-refractivity contribution < 1.29 is 25.6 Å². The Balaban J connectivity index is 1.89. The lowest BCUT2D eigenvalue weighted by molar-refractivity contribution is 0.460. The van der Waals surface area contributed by atoms with Crippen LogP contribution in [-0.4, -0.2) is 21.4 Å². The third-order valence-corrected chi connectivity index (χ3v) is 13.0. The second kappa shape index (κ2) is 10.0. The van der Waals surface area contributed by atoms with E-state index in [-0.39, 0.29) is 15.5 Å². The molecule has 0 saturated carbocycles. The van der Waals surface area contributed by atoms with Crippen LogP contribution in [0.25, 0.3) is 10.8 Å². The van der Waals surface area contributed by atoms with Gasteiger partial charge in [-0.25, -0.2) is 8.42 Å². The van der Waals surface area contributed by atoms with Gasteiger partial charge in [0.2, 0.25) is 0 Å². The van der Waals surface area contributed by atoms with Gasteiger partial charge in [-0.3, -0.25) is 0 Å². The summed E-state index contributed by atoms with van der Waals surface area (Å²) >= 11 is 6.20. The van der Waals surface area contributed by atoms with Crippen LogP contribution < -0.4 is 4.18 Å². The molecule has 1 aliphatic rings. The van der Waals surface area contributed by atoms with Crippen molar-refractivity contribution in [1.29, 1.82) is 0 Å². The summed E-state index contributed by atoms with van der Waals surface area (Å²) in [5.74, 6) is 0.0917. The average molecular weight is 823 g/mol. The lowest BCUT2D eigenvalue weighted by atomic mass is 9.92. The Kier molecular flexibility index (Phi) is 7.85. The minimum atomic E-state index is -4.69. The third kappa shape index (κ3) is 5.17. The maximum atomic E-state index is 13.5. The van der Waals surface area contributed by atoms with Crippen LogP contribution in [0.4, 0.5) is 0 Å². The maximum absolute atomic E-state index is 13.5. The van der Waals surface area contributed by atoms with Crippen LogP contribution in [0.1, 0.15) is 36.8 Å². The smallest absolute Gasteiger partial charge is 0.341 e. The van der Waals surface area contributed by atoms with E-state index >= 15 is 0 Å². The molecule has 1 aliphatic carbocycles. The van der Waals surface area contributed by atoms with Crippen molar-refractivity contribution in [1.82, 2.24) is 0 Å². The molecule has 3 aromatic rings. The molecule has 0 atom stereocenters. The van der Waals surface area contributed by atoms with E-state index in [4.69, 9.17) is 4.18 Å². The molecular weight excluding hydrogens is 805 g/mol. The number of halogens is 3. The zero-order chi connectivity index (χ0) is 24.0. The topological polar surface area (TPSA) is 101 Å². The Bertz CT molecular complexity index is 1470. The predicted molar refractivity (Wildman–Crippen MR) is 150 cm³/mol. The molecule has 0 unspecified atom stereocenters. The van der Waals surface area contributed by atoms with Gasteiger partial charge in [0.15, 0.2) is 0 Å². The Hall–Kier alpha value is -0.230. The van der Waals surface area contributed by atoms with E-state index in [0.717, 1.165) is 40.0 Å². The highest BCUT2D eigenvalue weighted by Crippen LogP contribution is 2.39. The van der Waals surface area contributed by atoms with Crippen LogP contribution in [0.15, 0.2) is 46.2 Å². The molecule has 3 aromatic carbocycles. The molecule has 0 amide bonds. The number of hydrogen-bond donors (Lipinski definition) is 0. The van der Waals surface area contributed by atoms with Crippen molar-refractivity contribution in [2.24, 2.45) is 0 Å². The van der Waals surface area contributed by atoms with Gasteiger partial charge < -0.3 is 8.74 Å². The normalized spacial score (nSPS) is 15.0. The molecule has 6 nitrogen and oxygen atoms in total. The third-order valence-electron chi connectivity index (χ3n) is 5.66. The molecular formula is C22H18I3O6S2-. The molecule has 0 fully saturated rings. The van der Waals surface area contributed by atoms with Gasteiger partial charge in [-0.05, 0) is 122 Å². The lowest BCUT2D eigenvalue weighted by Crippen LogP contribution is -2.17. The summed E-state index contributed by atoms with van der Waals surface area (Å²) in [5, 5.41) is 1.77. The summed E-state index contributed by atoms with van der Waals surface area (Å²) < 4.78 is 70.3. The van der Waals surface area contributed by atoms with E-state index in [1.54, 1.807) is 0 Å². The molecule has 11 heteroatoms. The van der Waals surface area contributed by atoms with Crippen LogP contribution in [0, 0.1) is 10.7 Å². The van der Waals surface area contributed by atoms with Crippen molar-refractivity contribution in [3.8, 4) is 5.75 Å². The van der Waals surface area contributed by atoms with Gasteiger partial charge in [-0.15, -0.1) is 0 Å². The minimum absolute atomic E-state index is 0.0897. The highest BCUT2D eigenvalue weighted by molar-refractivity contribution is 14.1. The Morgan fingerprint density at radius 2 is 1.30 bits per heavy atom. The molecule has 0 saturated heterocycles. The fraction of sp³-hybridized carbons (Fsp3) is 0.273. The Labute approximate surface area is 234 Å². The zero-order valence-corrected chi connectivity index (χ0v) is 25.2. The highest BCUT2D eigenvalue weighted by Gasteiger charge is 2.29. The van der Waals surface area contributed by atoms with Crippen molar-refractivity contribution in [2.75, 3.05) is 0 Å². The van der Waals surface area contributed by atoms with E-state index in [2.05, 4.69) is 22.6 Å². The summed E-state index contributed by atoms with van der Waals surface area (Å²) in [6.45, 7) is 0. The van der Waals surface area contributed by atoms with Gasteiger partial charge in [0.1, 0.15) is 20.8 Å². The number of hydrogen-bond acceptors (Lipinski definition) is 6. The molecule has 0 heterocycles. The number of fused-ring (bicyclic) bond motifs is 2. The van der Waals surface area contributed by atoms with Gasteiger partial charge in [-0.2, -0.15) is 8.42 Å². The monoisotopic (exact) mass is 823 g/mol. The van der Waals surface area contributed by atoms with Crippen molar-refractivity contribution >= 4 is 98.8 Å². The van der Waals surface area contributed by atoms with E-state index in [9.17, 15) is 21.4 Å². The molecule has 0 radical (unpaired) electrons. The molecule has 4 rings (SSSR count). The highest BCUT2D eigenvalue weighted by atomic mass is 127. The van der Waals surface area contributed by atoms with Crippen LogP contribution in [0.3, 0.4) is 0 Å². The first-order valence-corrected chi connectivity index (χ1v) is 16.2. The van der Waals surface area contributed by atoms with Crippen LogP contribution in [0.5, 0.6) is 5.75 Å². The summed E-state index contributed by atoms with van der Waals surface area (Å²) in [6.07, 6.45) is 4.20. The fourth-order valence-corrected chi connectivity index (χ4v) is 10.4. The van der Waals surface area contributed by atoms with Gasteiger partial charge in [0, 0.05) is 12.7 Å². The maximum Gasteiger partial charge on any atom is 0.341 e. The van der Waals surface area contributed by atoms with Crippen molar-refractivity contribution in [2.45, 2.75) is 48.3 Å². The van der Waals surface area contributed by atoms with Crippen LogP contribution in [-0.2, 0) is 33.1 Å². The minimum Gasteiger partial charge on any atom is -0.744 e. The number of rotatable bonds is 4. The summed E-state index contributed by atoms with van der Waals surface area (Å²) in [7, 11) is -8.93. The van der Waals surface area contributed by atoms with E-state index in [1.165, 1.54) is 12.1 Å². The number of benzene rings is 3. The molecule has 0 aromatic heterocycles. The first kappa shape index (κ1) is 25.9. The first-order valence-electron chi connectivity index (χ1n) is 10.1. The van der Waals surface area contributed by atoms with Crippen molar-refractivity contribution in [3.63, 3.8) is 0 Å². The van der Waals surface area contributed by atoms with Gasteiger partial charge in [0.05, 0.1) is 8.47 Å². The molecule has 176 valence electrons. The summed E-state index contributed by atoms with van der Waals surface area (Å²) in [6, 6.07) is 10.1. The molecule has 0 N–H and O–H groups in total. The first-order chi connectivity index (χ1) is 15.5. The summed E-state index contributed by atoms with van der Waals surface area (Å²) in [5.41, 5.74) is 0.880. The standard InChI is InChI=1S/C22H19I3O6S2/c23-19-15-9-5-6-10-16(15)20(24)22(21(19)25)33(29,30)31-17-11-12-18(32(26,27)28)14-8-4-2-1-3-7-13(14)17/h5-6,9-12H,1-4,7-8H2,(H,26,27,28)/p-1. The van der Waals surface area contributed by atoms with Crippen LogP contribution in [0.2, 0.25) is 0 Å². The van der Waals surface area contributed by atoms with Gasteiger partial charge in [0.25, 0.3) is 0 Å². The average Bonchev–Trinajstić information content (AvgIpc) is 2.71. The molecule has 33 heavy (non-hydrogen) atoms. The fourth-order valence-electron chi connectivity index (χ4n) is 4.15. The largest absolute Gasteiger partial charge is 0.744 e. The quantitative estimate of drug-likeness (QED) is 0.139. The van der Waals surface area contributed by atoms with E-state index < -0.39 is 20.2 Å². The molecule has 0 bridgehead atoms. The second-order valence-electron chi connectivity index (χ2n) is 7.74. The molecule has 0 spiro atoms. The van der Waals surface area contributed by atoms with E-state index in [1.807, 2.05) is 69.4 Å². The SMILES string of the molecule is O=S(=O)([O-])c1ccc(OS(=O)(=O)c2c(I)c(I)c3ccccc3c2I)c2c1CCCCCC2. The molecule has 0 aliphatic heterocycles.